The highest BCUT2D eigenvalue weighted by Gasteiger charge is 2.52. The number of carbonyl (C=O) groups is 2. The molecule has 1 fully saturated rings. The highest BCUT2D eigenvalue weighted by molar-refractivity contribution is 5.99. The molecule has 2 aliphatic heterocycles. The van der Waals surface area contributed by atoms with Gasteiger partial charge in [-0.05, 0) is 65.0 Å². The number of hydrogen-bond acceptors (Lipinski definition) is 6. The van der Waals surface area contributed by atoms with Crippen LogP contribution < -0.4 is 15.8 Å². The molecule has 4 atom stereocenters. The van der Waals surface area contributed by atoms with Gasteiger partial charge in [0.1, 0.15) is 11.4 Å². The molecule has 0 bridgehead atoms. The molecule has 8 heteroatoms. The van der Waals surface area contributed by atoms with Crippen LogP contribution in [0.25, 0.3) is 0 Å². The second-order valence-electron chi connectivity index (χ2n) is 11.2. The lowest BCUT2D eigenvalue weighted by Crippen LogP contribution is -2.55. The second-order valence-corrected chi connectivity index (χ2v) is 11.2. The van der Waals surface area contributed by atoms with Gasteiger partial charge in [-0.1, -0.05) is 12.1 Å². The maximum Gasteiger partial charge on any atom is 0.231 e. The summed E-state index contributed by atoms with van der Waals surface area (Å²) in [7, 11) is 1.64. The maximum absolute atomic E-state index is 13.4. The van der Waals surface area contributed by atoms with Crippen LogP contribution in [0.2, 0.25) is 0 Å². The summed E-state index contributed by atoms with van der Waals surface area (Å²) in [6.45, 7) is 10.4. The van der Waals surface area contributed by atoms with Gasteiger partial charge < -0.3 is 20.5 Å². The third-order valence-corrected chi connectivity index (χ3v) is 7.08. The molecule has 0 saturated heterocycles. The first kappa shape index (κ1) is 24.5. The molecule has 34 heavy (non-hydrogen) atoms. The number of ether oxygens (including phenoxy) is 2. The lowest BCUT2D eigenvalue weighted by Gasteiger charge is -2.39. The molecule has 1 aromatic rings. The number of carbonyl (C=O) groups excluding carboxylic acids is 2. The van der Waals surface area contributed by atoms with E-state index in [0.717, 1.165) is 16.9 Å². The van der Waals surface area contributed by atoms with Crippen LogP contribution in [0, 0.1) is 18.8 Å². The Morgan fingerprint density at radius 2 is 2.09 bits per heavy atom. The van der Waals surface area contributed by atoms with E-state index in [4.69, 9.17) is 15.2 Å². The molecule has 0 spiro atoms. The van der Waals surface area contributed by atoms with E-state index in [2.05, 4.69) is 10.3 Å². The van der Waals surface area contributed by atoms with Crippen molar-refractivity contribution in [1.82, 2.24) is 10.2 Å². The lowest BCUT2D eigenvalue weighted by molar-refractivity contribution is -0.132. The van der Waals surface area contributed by atoms with E-state index in [1.54, 1.807) is 12.0 Å². The largest absolute Gasteiger partial charge is 0.487 e. The number of nitrogens with zero attached hydrogens (tertiary/aromatic N) is 2. The fourth-order valence-corrected chi connectivity index (χ4v) is 5.42. The Hall–Kier alpha value is -2.61. The zero-order valence-electron chi connectivity index (χ0n) is 21.2. The van der Waals surface area contributed by atoms with Crippen molar-refractivity contribution in [2.75, 3.05) is 13.7 Å². The number of hydrogen-bond donors (Lipinski definition) is 2. The molecule has 1 aromatic carbocycles. The third kappa shape index (κ3) is 5.06. The molecule has 3 N–H and O–H groups in total. The van der Waals surface area contributed by atoms with Crippen LogP contribution in [0.1, 0.15) is 70.5 Å². The van der Waals surface area contributed by atoms with Gasteiger partial charge in [0.15, 0.2) is 5.96 Å². The first-order chi connectivity index (χ1) is 15.9. The minimum Gasteiger partial charge on any atom is -0.487 e. The summed E-state index contributed by atoms with van der Waals surface area (Å²) in [6, 6.07) is 5.80. The first-order valence-corrected chi connectivity index (χ1v) is 12.2. The average Bonchev–Trinajstić information content (AvgIpc) is 3.48. The summed E-state index contributed by atoms with van der Waals surface area (Å²) in [5.74, 6) is 0.903. The summed E-state index contributed by atoms with van der Waals surface area (Å²) >= 11 is 0. The molecule has 0 unspecified atom stereocenters. The predicted octanol–water partition coefficient (Wildman–Crippen LogP) is 3.08. The Labute approximate surface area is 202 Å². The fraction of sp³-hybridized carbons (Fsp3) is 0.654. The first-order valence-electron chi connectivity index (χ1n) is 12.2. The number of methoxy groups -OCH3 is 1. The highest BCUT2D eigenvalue weighted by Crippen LogP contribution is 2.47. The molecule has 4 rings (SSSR count). The molecule has 2 heterocycles. The quantitative estimate of drug-likeness (QED) is 0.637. The summed E-state index contributed by atoms with van der Waals surface area (Å²) in [5, 5.41) is 3.28. The number of aliphatic imine (C=N–C) groups is 1. The van der Waals surface area contributed by atoms with Crippen LogP contribution in [0.5, 0.6) is 5.75 Å². The van der Waals surface area contributed by atoms with E-state index < -0.39 is 5.54 Å². The van der Waals surface area contributed by atoms with Gasteiger partial charge in [0.05, 0.1) is 18.0 Å². The molecule has 1 saturated carbocycles. The van der Waals surface area contributed by atoms with Gasteiger partial charge in [-0.25, -0.2) is 4.99 Å². The van der Waals surface area contributed by atoms with E-state index in [9.17, 15) is 9.59 Å². The van der Waals surface area contributed by atoms with Gasteiger partial charge in [0.2, 0.25) is 11.8 Å². The van der Waals surface area contributed by atoms with Crippen molar-refractivity contribution in [3.63, 3.8) is 0 Å². The smallest absolute Gasteiger partial charge is 0.231 e. The van der Waals surface area contributed by atoms with Crippen LogP contribution in [0.3, 0.4) is 0 Å². The Morgan fingerprint density at radius 3 is 2.76 bits per heavy atom. The van der Waals surface area contributed by atoms with E-state index in [-0.39, 0.29) is 47.3 Å². The Balaban J connectivity index is 1.50. The van der Waals surface area contributed by atoms with E-state index in [1.165, 1.54) is 0 Å². The third-order valence-electron chi connectivity index (χ3n) is 7.08. The maximum atomic E-state index is 13.4. The second kappa shape index (κ2) is 8.87. The minimum absolute atomic E-state index is 0.0157. The number of nitrogens with one attached hydrogen (secondary N) is 1. The molecular formula is C26H38N4O4. The predicted molar refractivity (Wildman–Crippen MR) is 130 cm³/mol. The van der Waals surface area contributed by atoms with Gasteiger partial charge in [0, 0.05) is 37.7 Å². The van der Waals surface area contributed by atoms with Crippen LogP contribution in [-0.2, 0) is 14.3 Å². The molecular weight excluding hydrogens is 432 g/mol. The van der Waals surface area contributed by atoms with Gasteiger partial charge >= 0.3 is 0 Å². The number of aryl methyl sites for hydroxylation is 1. The van der Waals surface area contributed by atoms with Crippen LogP contribution in [0.15, 0.2) is 23.2 Å². The molecule has 0 aromatic heterocycles. The lowest BCUT2D eigenvalue weighted by atomic mass is 9.89. The van der Waals surface area contributed by atoms with Crippen molar-refractivity contribution in [2.24, 2.45) is 22.6 Å². The molecule has 0 radical (unpaired) electrons. The molecule has 2 amide bonds. The average molecular weight is 471 g/mol. The number of nitrogens with two attached hydrogens (primary N) is 1. The van der Waals surface area contributed by atoms with Crippen molar-refractivity contribution in [3.05, 3.63) is 29.3 Å². The monoisotopic (exact) mass is 470 g/mol. The summed E-state index contributed by atoms with van der Waals surface area (Å²) in [4.78, 5) is 32.5. The topological polar surface area (TPSA) is 106 Å². The van der Waals surface area contributed by atoms with Crippen molar-refractivity contribution < 1.29 is 19.1 Å². The Bertz CT molecular complexity index is 1000. The number of rotatable bonds is 7. The standard InChI is InChI=1S/C26H38N4O4/c1-15-7-8-16-19(13-26(4,5)34-21(16)11-15)28-23(32)18-12-17(18)20(9-10-33-6)30-22(31)14-25(2,3)29-24(30)27/h7-8,11,17-20H,9-10,12-14H2,1-6H3,(H2,27,29)(H,28,32)/t17-,18-,19+,20-/m1/s1. The normalized spacial score (nSPS) is 27.8. The number of fused-ring (bicyclic) bond motifs is 1. The van der Waals surface area contributed by atoms with Gasteiger partial charge in [-0.2, -0.15) is 0 Å². The summed E-state index contributed by atoms with van der Waals surface area (Å²) < 4.78 is 11.5. The van der Waals surface area contributed by atoms with Crippen LogP contribution in [0.4, 0.5) is 0 Å². The van der Waals surface area contributed by atoms with Gasteiger partial charge in [0.25, 0.3) is 0 Å². The number of benzene rings is 1. The van der Waals surface area contributed by atoms with Crippen molar-refractivity contribution >= 4 is 17.8 Å². The number of amides is 2. The zero-order chi connectivity index (χ0) is 24.8. The van der Waals surface area contributed by atoms with Gasteiger partial charge in [-0.15, -0.1) is 0 Å². The fourth-order valence-electron chi connectivity index (χ4n) is 5.42. The SMILES string of the molecule is COCC[C@H]([C@@H]1C[C@H]1C(=O)N[C@H]1CC(C)(C)Oc2cc(C)ccc21)N1C(=O)CC(C)(C)N=C1N. The molecule has 8 nitrogen and oxygen atoms in total. The zero-order valence-corrected chi connectivity index (χ0v) is 21.2. The van der Waals surface area contributed by atoms with Crippen LogP contribution >= 0.6 is 0 Å². The van der Waals surface area contributed by atoms with Gasteiger partial charge in [-0.3, -0.25) is 14.5 Å². The molecule has 186 valence electrons. The van der Waals surface area contributed by atoms with E-state index in [0.29, 0.717) is 32.3 Å². The Morgan fingerprint density at radius 1 is 1.35 bits per heavy atom. The highest BCUT2D eigenvalue weighted by atomic mass is 16.5. The summed E-state index contributed by atoms with van der Waals surface area (Å²) in [6.07, 6.45) is 2.32. The molecule has 1 aliphatic carbocycles. The van der Waals surface area contributed by atoms with E-state index in [1.807, 2.05) is 52.8 Å². The Kier molecular flexibility index (Phi) is 6.40. The van der Waals surface area contributed by atoms with E-state index >= 15 is 0 Å². The van der Waals surface area contributed by atoms with Crippen molar-refractivity contribution in [2.45, 2.75) is 83.5 Å². The molecule has 3 aliphatic rings. The minimum atomic E-state index is -0.509. The van der Waals surface area contributed by atoms with Crippen molar-refractivity contribution in [1.29, 1.82) is 0 Å². The number of guanidine groups is 1. The summed E-state index contributed by atoms with van der Waals surface area (Å²) in [5.41, 5.74) is 7.50. The van der Waals surface area contributed by atoms with Crippen molar-refractivity contribution in [3.8, 4) is 5.75 Å². The van der Waals surface area contributed by atoms with Crippen LogP contribution in [-0.4, -0.2) is 53.6 Å².